The first kappa shape index (κ1) is 17.3. The summed E-state index contributed by atoms with van der Waals surface area (Å²) in [7, 11) is 0. The Labute approximate surface area is 159 Å². The van der Waals surface area contributed by atoms with Gasteiger partial charge >= 0.3 is 0 Å². The van der Waals surface area contributed by atoms with Gasteiger partial charge in [-0.3, -0.25) is 15.1 Å². The zero-order chi connectivity index (χ0) is 19.0. The normalized spacial score (nSPS) is 13.1. The lowest BCUT2D eigenvalue weighted by atomic mass is 9.97. The van der Waals surface area contributed by atoms with Crippen LogP contribution in [0.2, 0.25) is 5.02 Å². The van der Waals surface area contributed by atoms with Gasteiger partial charge in [0.25, 0.3) is 0 Å². The van der Waals surface area contributed by atoms with Gasteiger partial charge in [-0.25, -0.2) is 0 Å². The van der Waals surface area contributed by atoms with Crippen LogP contribution in [0.3, 0.4) is 0 Å². The standard InChI is InChI=1S/C20H15ClN2O4/c21-19-17(24)10-18(27-11-12-4-2-1-3-5-12)15-9-13-8-14(23(25)26)6-7-16(13)22-20(15)19/h1-6,9-10,24H,7-8,11H2. The zero-order valence-electron chi connectivity index (χ0n) is 14.2. The minimum Gasteiger partial charge on any atom is -0.506 e. The van der Waals surface area contributed by atoms with Gasteiger partial charge in [0, 0.05) is 23.6 Å². The van der Waals surface area contributed by atoms with E-state index in [-0.39, 0.29) is 27.8 Å². The third kappa shape index (κ3) is 3.31. The third-order valence-corrected chi connectivity index (χ3v) is 4.90. The first-order valence-electron chi connectivity index (χ1n) is 8.37. The molecule has 0 atom stereocenters. The van der Waals surface area contributed by atoms with E-state index in [1.165, 1.54) is 6.07 Å². The number of pyridine rings is 1. The molecule has 27 heavy (non-hydrogen) atoms. The number of aromatic hydroxyl groups is 1. The van der Waals surface area contributed by atoms with Crippen LogP contribution in [0.15, 0.2) is 54.2 Å². The van der Waals surface area contributed by atoms with Crippen LogP contribution in [-0.2, 0) is 19.4 Å². The highest BCUT2D eigenvalue weighted by molar-refractivity contribution is 6.36. The van der Waals surface area contributed by atoms with Gasteiger partial charge in [0.15, 0.2) is 0 Å². The average Bonchev–Trinajstić information content (AvgIpc) is 2.69. The SMILES string of the molecule is O=[N+]([O-])C1=CCc2nc3c(Cl)c(O)cc(OCc4ccccc4)c3cc2C1. The van der Waals surface area contributed by atoms with Crippen molar-refractivity contribution in [1.29, 1.82) is 0 Å². The van der Waals surface area contributed by atoms with Crippen molar-refractivity contribution in [3.05, 3.63) is 86.2 Å². The Morgan fingerprint density at radius 3 is 2.78 bits per heavy atom. The fraction of sp³-hybridized carbons (Fsp3) is 0.150. The van der Waals surface area contributed by atoms with E-state index in [4.69, 9.17) is 16.3 Å². The Morgan fingerprint density at radius 2 is 2.04 bits per heavy atom. The molecule has 0 saturated heterocycles. The van der Waals surface area contributed by atoms with E-state index in [9.17, 15) is 15.2 Å². The molecule has 0 spiro atoms. The summed E-state index contributed by atoms with van der Waals surface area (Å²) in [5.41, 5.74) is 3.04. The maximum atomic E-state index is 11.1. The molecule has 0 aliphatic heterocycles. The first-order valence-corrected chi connectivity index (χ1v) is 8.75. The molecule has 3 aromatic rings. The predicted octanol–water partition coefficient (Wildman–Crippen LogP) is 4.43. The quantitative estimate of drug-likeness (QED) is 0.532. The Kier molecular flexibility index (Phi) is 4.41. The topological polar surface area (TPSA) is 85.5 Å². The molecule has 1 aliphatic rings. The lowest BCUT2D eigenvalue weighted by Crippen LogP contribution is -2.11. The van der Waals surface area contributed by atoms with Crippen LogP contribution in [0.1, 0.15) is 16.8 Å². The highest BCUT2D eigenvalue weighted by Gasteiger charge is 2.23. The summed E-state index contributed by atoms with van der Waals surface area (Å²) in [4.78, 5) is 15.3. The molecule has 1 aromatic heterocycles. The number of rotatable bonds is 4. The summed E-state index contributed by atoms with van der Waals surface area (Å²) in [5.74, 6) is 0.320. The second-order valence-electron chi connectivity index (χ2n) is 6.31. The summed E-state index contributed by atoms with van der Waals surface area (Å²) in [5, 5.41) is 22.0. The molecule has 2 aromatic carbocycles. The van der Waals surface area contributed by atoms with Crippen LogP contribution in [0, 0.1) is 10.1 Å². The third-order valence-electron chi connectivity index (χ3n) is 4.53. The Morgan fingerprint density at radius 1 is 1.26 bits per heavy atom. The van der Waals surface area contributed by atoms with Gasteiger partial charge in [0.2, 0.25) is 5.70 Å². The molecule has 1 N–H and O–H groups in total. The summed E-state index contributed by atoms with van der Waals surface area (Å²) >= 11 is 6.25. The number of fused-ring (bicyclic) bond motifs is 2. The number of benzene rings is 2. The van der Waals surface area contributed by atoms with Crippen molar-refractivity contribution < 1.29 is 14.8 Å². The summed E-state index contributed by atoms with van der Waals surface area (Å²) in [6, 6.07) is 12.9. The van der Waals surface area contributed by atoms with Crippen LogP contribution < -0.4 is 4.74 Å². The predicted molar refractivity (Wildman–Crippen MR) is 102 cm³/mol. The smallest absolute Gasteiger partial charge is 0.247 e. The van der Waals surface area contributed by atoms with Crippen molar-refractivity contribution in [2.24, 2.45) is 0 Å². The minimum absolute atomic E-state index is 0.114. The molecular formula is C20H15ClN2O4. The number of nitrogens with zero attached hydrogens (tertiary/aromatic N) is 2. The van der Waals surface area contributed by atoms with Crippen molar-refractivity contribution in [1.82, 2.24) is 4.98 Å². The molecule has 136 valence electrons. The molecule has 6 nitrogen and oxygen atoms in total. The number of aromatic nitrogens is 1. The number of halogens is 1. The summed E-state index contributed by atoms with van der Waals surface area (Å²) in [6.45, 7) is 0.314. The van der Waals surface area contributed by atoms with Crippen LogP contribution in [0.25, 0.3) is 10.9 Å². The van der Waals surface area contributed by atoms with Gasteiger partial charge in [-0.05, 0) is 23.3 Å². The number of allylic oxidation sites excluding steroid dienone is 2. The molecule has 0 amide bonds. The van der Waals surface area contributed by atoms with Crippen molar-refractivity contribution in [2.75, 3.05) is 0 Å². The zero-order valence-corrected chi connectivity index (χ0v) is 14.9. The van der Waals surface area contributed by atoms with Crippen LogP contribution >= 0.6 is 11.6 Å². The van der Waals surface area contributed by atoms with E-state index in [0.29, 0.717) is 29.7 Å². The molecule has 7 heteroatoms. The number of phenolic OH excluding ortho intramolecular Hbond substituents is 1. The molecule has 1 aliphatic carbocycles. The number of nitro groups is 1. The minimum atomic E-state index is -0.371. The Balaban J connectivity index is 1.77. The average molecular weight is 383 g/mol. The fourth-order valence-corrected chi connectivity index (χ4v) is 3.34. The molecule has 1 heterocycles. The highest BCUT2D eigenvalue weighted by atomic mass is 35.5. The van der Waals surface area contributed by atoms with E-state index in [1.54, 1.807) is 6.08 Å². The second-order valence-corrected chi connectivity index (χ2v) is 6.68. The maximum Gasteiger partial charge on any atom is 0.247 e. The lowest BCUT2D eigenvalue weighted by molar-refractivity contribution is -0.427. The number of ether oxygens (including phenoxy) is 1. The molecule has 0 saturated carbocycles. The van der Waals surface area contributed by atoms with Crippen LogP contribution in [-0.4, -0.2) is 15.0 Å². The number of hydrogen-bond acceptors (Lipinski definition) is 5. The second kappa shape index (κ2) is 6.89. The number of hydrogen-bond donors (Lipinski definition) is 1. The summed E-state index contributed by atoms with van der Waals surface area (Å²) < 4.78 is 5.90. The van der Waals surface area contributed by atoms with Gasteiger partial charge in [0.1, 0.15) is 23.1 Å². The van der Waals surface area contributed by atoms with E-state index in [0.717, 1.165) is 16.8 Å². The Hall–Kier alpha value is -3.12. The fourth-order valence-electron chi connectivity index (χ4n) is 3.14. The summed E-state index contributed by atoms with van der Waals surface area (Å²) in [6.07, 6.45) is 2.11. The first-order chi connectivity index (χ1) is 13.0. The van der Waals surface area contributed by atoms with E-state index in [2.05, 4.69) is 4.98 Å². The Bertz CT molecular complexity index is 1080. The number of phenols is 1. The van der Waals surface area contributed by atoms with Gasteiger partial charge in [-0.2, -0.15) is 0 Å². The molecule has 0 radical (unpaired) electrons. The molecule has 0 bridgehead atoms. The van der Waals surface area contributed by atoms with Crippen molar-refractivity contribution >= 4 is 22.5 Å². The van der Waals surface area contributed by atoms with Crippen molar-refractivity contribution in [2.45, 2.75) is 19.4 Å². The van der Waals surface area contributed by atoms with E-state index >= 15 is 0 Å². The van der Waals surface area contributed by atoms with Gasteiger partial charge in [0.05, 0.1) is 16.9 Å². The molecule has 4 rings (SSSR count). The van der Waals surface area contributed by atoms with E-state index in [1.807, 2.05) is 36.4 Å². The lowest BCUT2D eigenvalue weighted by Gasteiger charge is -2.16. The maximum absolute atomic E-state index is 11.1. The van der Waals surface area contributed by atoms with Crippen molar-refractivity contribution in [3.8, 4) is 11.5 Å². The van der Waals surface area contributed by atoms with Gasteiger partial charge in [-0.15, -0.1) is 0 Å². The monoisotopic (exact) mass is 382 g/mol. The molecule has 0 fully saturated rings. The largest absolute Gasteiger partial charge is 0.506 e. The van der Waals surface area contributed by atoms with Crippen molar-refractivity contribution in [3.63, 3.8) is 0 Å². The van der Waals surface area contributed by atoms with Crippen LogP contribution in [0.5, 0.6) is 11.5 Å². The highest BCUT2D eigenvalue weighted by Crippen LogP contribution is 2.39. The van der Waals surface area contributed by atoms with Gasteiger partial charge < -0.3 is 9.84 Å². The van der Waals surface area contributed by atoms with Gasteiger partial charge in [-0.1, -0.05) is 41.9 Å². The molecular weight excluding hydrogens is 368 g/mol. The van der Waals surface area contributed by atoms with E-state index < -0.39 is 0 Å². The molecule has 0 unspecified atom stereocenters. The van der Waals surface area contributed by atoms with Crippen LogP contribution in [0.4, 0.5) is 0 Å².